The molecular weight excluding hydrogens is 240 g/mol. The summed E-state index contributed by atoms with van der Waals surface area (Å²) in [6, 6.07) is 0.394. The number of likely N-dealkylation sites (N-methyl/N-ethyl adjacent to an activating group) is 1. The van der Waals surface area contributed by atoms with Crippen molar-refractivity contribution in [2.75, 3.05) is 19.6 Å². The summed E-state index contributed by atoms with van der Waals surface area (Å²) in [5.74, 6) is 0.154. The summed E-state index contributed by atoms with van der Waals surface area (Å²) >= 11 is 0. The van der Waals surface area contributed by atoms with Gasteiger partial charge >= 0.3 is 0 Å². The zero-order valence-corrected chi connectivity index (χ0v) is 12.7. The molecule has 1 amide bonds. The van der Waals surface area contributed by atoms with E-state index in [9.17, 15) is 9.90 Å². The van der Waals surface area contributed by atoms with Gasteiger partial charge in [0.2, 0.25) is 5.91 Å². The number of aliphatic hydroxyl groups is 1. The van der Waals surface area contributed by atoms with Gasteiger partial charge in [0, 0.05) is 25.6 Å². The molecule has 19 heavy (non-hydrogen) atoms. The van der Waals surface area contributed by atoms with Crippen LogP contribution >= 0.6 is 0 Å². The number of hydrogen-bond donors (Lipinski definition) is 2. The van der Waals surface area contributed by atoms with E-state index in [2.05, 4.69) is 17.1 Å². The van der Waals surface area contributed by atoms with Crippen LogP contribution in [0, 0.1) is 0 Å². The van der Waals surface area contributed by atoms with Crippen LogP contribution in [-0.4, -0.2) is 47.2 Å². The third-order valence-corrected chi connectivity index (χ3v) is 3.68. The maximum absolute atomic E-state index is 11.9. The van der Waals surface area contributed by atoms with Crippen LogP contribution in [0.1, 0.15) is 59.3 Å². The molecule has 0 unspecified atom stereocenters. The SMILES string of the molecule is CCN(CCC(=O)NC1CCCCC1)CC(C)(C)O. The maximum Gasteiger partial charge on any atom is 0.221 e. The second-order valence-corrected chi connectivity index (χ2v) is 6.33. The number of rotatable bonds is 7. The minimum Gasteiger partial charge on any atom is -0.389 e. The Morgan fingerprint density at radius 3 is 2.47 bits per heavy atom. The highest BCUT2D eigenvalue weighted by atomic mass is 16.3. The minimum atomic E-state index is -0.699. The molecule has 1 saturated carbocycles. The molecule has 1 fully saturated rings. The van der Waals surface area contributed by atoms with Crippen LogP contribution in [0.4, 0.5) is 0 Å². The quantitative estimate of drug-likeness (QED) is 0.743. The minimum absolute atomic E-state index is 0.154. The van der Waals surface area contributed by atoms with Gasteiger partial charge in [-0.2, -0.15) is 0 Å². The first kappa shape index (κ1) is 16.4. The fourth-order valence-corrected chi connectivity index (χ4v) is 2.70. The predicted octanol–water partition coefficient (Wildman–Crippen LogP) is 1.92. The second kappa shape index (κ2) is 7.85. The molecule has 1 aliphatic carbocycles. The molecule has 4 heteroatoms. The lowest BCUT2D eigenvalue weighted by atomic mass is 9.95. The topological polar surface area (TPSA) is 52.6 Å². The third-order valence-electron chi connectivity index (χ3n) is 3.68. The van der Waals surface area contributed by atoms with Crippen LogP contribution in [0.15, 0.2) is 0 Å². The Morgan fingerprint density at radius 1 is 1.32 bits per heavy atom. The van der Waals surface area contributed by atoms with Gasteiger partial charge in [-0.15, -0.1) is 0 Å². The Kier molecular flexibility index (Phi) is 6.80. The molecular formula is C15H30N2O2. The van der Waals surface area contributed by atoms with Crippen molar-refractivity contribution in [3.63, 3.8) is 0 Å². The number of amides is 1. The predicted molar refractivity (Wildman–Crippen MR) is 78.0 cm³/mol. The first-order chi connectivity index (χ1) is 8.90. The van der Waals surface area contributed by atoms with E-state index in [1.165, 1.54) is 19.3 Å². The van der Waals surface area contributed by atoms with Crippen LogP contribution in [0.5, 0.6) is 0 Å². The highest BCUT2D eigenvalue weighted by Crippen LogP contribution is 2.17. The van der Waals surface area contributed by atoms with Crippen molar-refractivity contribution in [1.82, 2.24) is 10.2 Å². The second-order valence-electron chi connectivity index (χ2n) is 6.33. The fraction of sp³-hybridized carbons (Fsp3) is 0.933. The van der Waals surface area contributed by atoms with E-state index >= 15 is 0 Å². The van der Waals surface area contributed by atoms with Gasteiger partial charge in [0.25, 0.3) is 0 Å². The summed E-state index contributed by atoms with van der Waals surface area (Å²) in [5.41, 5.74) is -0.699. The number of nitrogens with zero attached hydrogens (tertiary/aromatic N) is 1. The van der Waals surface area contributed by atoms with Gasteiger partial charge in [0.15, 0.2) is 0 Å². The van der Waals surface area contributed by atoms with Gasteiger partial charge in [0.1, 0.15) is 0 Å². The van der Waals surface area contributed by atoms with Crippen LogP contribution in [0.25, 0.3) is 0 Å². The fourth-order valence-electron chi connectivity index (χ4n) is 2.70. The number of nitrogens with one attached hydrogen (secondary N) is 1. The Bertz CT molecular complexity index is 268. The molecule has 1 aliphatic rings. The van der Waals surface area contributed by atoms with Gasteiger partial charge in [-0.3, -0.25) is 4.79 Å². The maximum atomic E-state index is 11.9. The lowest BCUT2D eigenvalue weighted by molar-refractivity contribution is -0.122. The van der Waals surface area contributed by atoms with Gasteiger partial charge in [-0.25, -0.2) is 0 Å². The van der Waals surface area contributed by atoms with Crippen molar-refractivity contribution >= 4 is 5.91 Å². The normalized spacial score (nSPS) is 17.7. The van der Waals surface area contributed by atoms with E-state index in [1.54, 1.807) is 13.8 Å². The molecule has 2 N–H and O–H groups in total. The third kappa shape index (κ3) is 7.53. The Labute approximate surface area is 117 Å². The monoisotopic (exact) mass is 270 g/mol. The zero-order chi connectivity index (χ0) is 14.3. The van der Waals surface area contributed by atoms with E-state index in [0.29, 0.717) is 19.0 Å². The van der Waals surface area contributed by atoms with Crippen LogP contribution < -0.4 is 5.32 Å². The zero-order valence-electron chi connectivity index (χ0n) is 12.7. The Morgan fingerprint density at radius 2 is 1.95 bits per heavy atom. The summed E-state index contributed by atoms with van der Waals surface area (Å²) < 4.78 is 0. The largest absolute Gasteiger partial charge is 0.389 e. The summed E-state index contributed by atoms with van der Waals surface area (Å²) in [6.45, 7) is 7.86. The number of carbonyl (C=O) groups excluding carboxylic acids is 1. The van der Waals surface area contributed by atoms with Crippen LogP contribution in [0.3, 0.4) is 0 Å². The van der Waals surface area contributed by atoms with Gasteiger partial charge < -0.3 is 15.3 Å². The summed E-state index contributed by atoms with van der Waals surface area (Å²) in [6.07, 6.45) is 6.58. The van der Waals surface area contributed by atoms with Crippen molar-refractivity contribution in [2.24, 2.45) is 0 Å². The summed E-state index contributed by atoms with van der Waals surface area (Å²) in [4.78, 5) is 14.0. The van der Waals surface area contributed by atoms with E-state index < -0.39 is 5.60 Å². The molecule has 0 atom stereocenters. The highest BCUT2D eigenvalue weighted by Gasteiger charge is 2.19. The summed E-state index contributed by atoms with van der Waals surface area (Å²) in [5, 5.41) is 12.9. The molecule has 0 aromatic heterocycles. The molecule has 0 bridgehead atoms. The first-order valence-electron chi connectivity index (χ1n) is 7.65. The Hall–Kier alpha value is -0.610. The van der Waals surface area contributed by atoms with E-state index in [1.807, 2.05) is 0 Å². The molecule has 4 nitrogen and oxygen atoms in total. The average molecular weight is 270 g/mol. The highest BCUT2D eigenvalue weighted by molar-refractivity contribution is 5.76. The van der Waals surface area contributed by atoms with Gasteiger partial charge in [-0.1, -0.05) is 26.2 Å². The van der Waals surface area contributed by atoms with Gasteiger partial charge in [0.05, 0.1) is 5.60 Å². The van der Waals surface area contributed by atoms with Crippen LogP contribution in [0.2, 0.25) is 0 Å². The van der Waals surface area contributed by atoms with Crippen molar-refractivity contribution in [1.29, 1.82) is 0 Å². The van der Waals surface area contributed by atoms with Crippen molar-refractivity contribution in [3.05, 3.63) is 0 Å². The Balaban J connectivity index is 2.23. The summed E-state index contributed by atoms with van der Waals surface area (Å²) in [7, 11) is 0. The molecule has 0 heterocycles. The van der Waals surface area contributed by atoms with E-state index in [-0.39, 0.29) is 5.91 Å². The van der Waals surface area contributed by atoms with Crippen molar-refractivity contribution < 1.29 is 9.90 Å². The van der Waals surface area contributed by atoms with Crippen molar-refractivity contribution in [2.45, 2.75) is 70.9 Å². The van der Waals surface area contributed by atoms with Gasteiger partial charge in [-0.05, 0) is 33.2 Å². The molecule has 0 aliphatic heterocycles. The first-order valence-corrected chi connectivity index (χ1v) is 7.65. The molecule has 112 valence electrons. The molecule has 0 aromatic carbocycles. The van der Waals surface area contributed by atoms with E-state index in [0.717, 1.165) is 25.9 Å². The molecule has 0 radical (unpaired) electrons. The smallest absolute Gasteiger partial charge is 0.221 e. The molecule has 0 spiro atoms. The van der Waals surface area contributed by atoms with Crippen LogP contribution in [-0.2, 0) is 4.79 Å². The molecule has 0 saturated heterocycles. The number of carbonyl (C=O) groups is 1. The van der Waals surface area contributed by atoms with E-state index in [4.69, 9.17) is 0 Å². The number of hydrogen-bond acceptors (Lipinski definition) is 3. The lowest BCUT2D eigenvalue weighted by Crippen LogP contribution is -2.42. The standard InChI is InChI=1S/C15H30N2O2/c1-4-17(12-15(2,3)19)11-10-14(18)16-13-8-6-5-7-9-13/h13,19H,4-12H2,1-3H3,(H,16,18). The molecule has 0 aromatic rings. The molecule has 1 rings (SSSR count). The lowest BCUT2D eigenvalue weighted by Gasteiger charge is -2.28. The average Bonchev–Trinajstić information content (AvgIpc) is 2.34. The van der Waals surface area contributed by atoms with Crippen molar-refractivity contribution in [3.8, 4) is 0 Å².